The molecule has 0 saturated carbocycles. The molecule has 0 aliphatic carbocycles. The van der Waals surface area contributed by atoms with Gasteiger partial charge < -0.3 is 5.32 Å². The van der Waals surface area contributed by atoms with Gasteiger partial charge in [0.25, 0.3) is 0 Å². The summed E-state index contributed by atoms with van der Waals surface area (Å²) in [4.78, 5) is 0. The van der Waals surface area contributed by atoms with Crippen LogP contribution in [0.4, 0.5) is 10.1 Å². The Morgan fingerprint density at radius 1 is 1.12 bits per heavy atom. The van der Waals surface area contributed by atoms with Crippen molar-refractivity contribution in [3.8, 4) is 0 Å². The average molecular weight is 292 g/mol. The van der Waals surface area contributed by atoms with E-state index in [2.05, 4.69) is 27.3 Å². The molecule has 1 heterocycles. The van der Waals surface area contributed by atoms with Crippen LogP contribution in [0.25, 0.3) is 0 Å². The van der Waals surface area contributed by atoms with Gasteiger partial charge in [-0.3, -0.25) is 0 Å². The Kier molecular flexibility index (Phi) is 2.63. The lowest BCUT2D eigenvalue weighted by atomic mass is 10.0. The molecule has 2 aromatic rings. The second-order valence-electron chi connectivity index (χ2n) is 4.23. The van der Waals surface area contributed by atoms with E-state index in [-0.39, 0.29) is 11.9 Å². The first kappa shape index (κ1) is 10.8. The number of hydrogen-bond acceptors (Lipinski definition) is 1. The van der Waals surface area contributed by atoms with Crippen LogP contribution in [0.3, 0.4) is 0 Å². The van der Waals surface area contributed by atoms with Crippen molar-refractivity contribution in [1.29, 1.82) is 0 Å². The van der Waals surface area contributed by atoms with Gasteiger partial charge in [0.15, 0.2) is 0 Å². The minimum Gasteiger partial charge on any atom is -0.377 e. The third-order valence-corrected chi connectivity index (χ3v) is 3.78. The number of para-hydroxylation sites is 1. The molecule has 86 valence electrons. The number of fused-ring (bicyclic) bond motifs is 1. The number of nitrogens with one attached hydrogen (secondary N) is 1. The SMILES string of the molecule is Fc1ccc(C2Cc3cccc(Br)c3N2)cc1. The largest absolute Gasteiger partial charge is 0.377 e. The van der Waals surface area contributed by atoms with Crippen LogP contribution < -0.4 is 5.32 Å². The van der Waals surface area contributed by atoms with Crippen LogP contribution in [0.2, 0.25) is 0 Å². The lowest BCUT2D eigenvalue weighted by Gasteiger charge is -2.11. The Balaban J connectivity index is 1.91. The molecule has 1 aliphatic rings. The maximum Gasteiger partial charge on any atom is 0.123 e. The fourth-order valence-electron chi connectivity index (χ4n) is 2.24. The molecule has 1 nitrogen and oxygen atoms in total. The van der Waals surface area contributed by atoms with Crippen molar-refractivity contribution in [2.45, 2.75) is 12.5 Å². The average Bonchev–Trinajstić information content (AvgIpc) is 2.75. The summed E-state index contributed by atoms with van der Waals surface area (Å²) in [7, 11) is 0. The zero-order valence-electron chi connectivity index (χ0n) is 9.08. The summed E-state index contributed by atoms with van der Waals surface area (Å²) in [6.07, 6.45) is 0.945. The first-order valence-corrected chi connectivity index (χ1v) is 6.33. The summed E-state index contributed by atoms with van der Waals surface area (Å²) in [5.41, 5.74) is 3.57. The quantitative estimate of drug-likeness (QED) is 0.826. The van der Waals surface area contributed by atoms with E-state index in [0.29, 0.717) is 0 Å². The molecule has 2 aromatic carbocycles. The van der Waals surface area contributed by atoms with Crippen LogP contribution >= 0.6 is 15.9 Å². The summed E-state index contributed by atoms with van der Waals surface area (Å²) in [5.74, 6) is -0.189. The van der Waals surface area contributed by atoms with Crippen LogP contribution in [-0.4, -0.2) is 0 Å². The van der Waals surface area contributed by atoms with Gasteiger partial charge in [0.2, 0.25) is 0 Å². The normalized spacial score (nSPS) is 17.6. The molecule has 0 fully saturated rings. The van der Waals surface area contributed by atoms with Crippen LogP contribution in [0.15, 0.2) is 46.9 Å². The maximum atomic E-state index is 12.9. The Morgan fingerprint density at radius 2 is 1.88 bits per heavy atom. The third kappa shape index (κ3) is 1.95. The predicted octanol–water partition coefficient (Wildman–Crippen LogP) is 4.30. The van der Waals surface area contributed by atoms with Gasteiger partial charge in [-0.15, -0.1) is 0 Å². The summed E-state index contributed by atoms with van der Waals surface area (Å²) in [6, 6.07) is 13.1. The number of rotatable bonds is 1. The Labute approximate surface area is 108 Å². The molecule has 17 heavy (non-hydrogen) atoms. The number of hydrogen-bond donors (Lipinski definition) is 1. The van der Waals surface area contributed by atoms with Crippen molar-refractivity contribution in [3.05, 3.63) is 63.9 Å². The second-order valence-corrected chi connectivity index (χ2v) is 5.08. The monoisotopic (exact) mass is 291 g/mol. The molecule has 0 radical (unpaired) electrons. The molecule has 1 aliphatic heterocycles. The van der Waals surface area contributed by atoms with Crippen molar-refractivity contribution in [3.63, 3.8) is 0 Å². The zero-order valence-corrected chi connectivity index (χ0v) is 10.7. The molecule has 1 N–H and O–H groups in total. The van der Waals surface area contributed by atoms with Crippen molar-refractivity contribution >= 4 is 21.6 Å². The molecule has 0 amide bonds. The number of anilines is 1. The smallest absolute Gasteiger partial charge is 0.123 e. The van der Waals surface area contributed by atoms with Gasteiger partial charge in [0.1, 0.15) is 5.82 Å². The highest BCUT2D eigenvalue weighted by molar-refractivity contribution is 9.10. The first-order valence-electron chi connectivity index (χ1n) is 5.53. The van der Waals surface area contributed by atoms with Crippen molar-refractivity contribution in [2.24, 2.45) is 0 Å². The van der Waals surface area contributed by atoms with E-state index in [4.69, 9.17) is 0 Å². The fourth-order valence-corrected chi connectivity index (χ4v) is 2.76. The molecule has 0 spiro atoms. The molecule has 3 rings (SSSR count). The first-order chi connectivity index (χ1) is 8.24. The van der Waals surface area contributed by atoms with Gasteiger partial charge in [-0.2, -0.15) is 0 Å². The molecule has 1 atom stereocenters. The summed E-state index contributed by atoms with van der Waals surface area (Å²) in [5, 5.41) is 3.47. The predicted molar refractivity (Wildman–Crippen MR) is 70.6 cm³/mol. The Bertz CT molecular complexity index is 551. The lowest BCUT2D eigenvalue weighted by molar-refractivity contribution is 0.626. The van der Waals surface area contributed by atoms with Gasteiger partial charge in [0, 0.05) is 4.47 Å². The highest BCUT2D eigenvalue weighted by Gasteiger charge is 2.23. The second kappa shape index (κ2) is 4.15. The number of halogens is 2. The molecule has 1 unspecified atom stereocenters. The van der Waals surface area contributed by atoms with E-state index >= 15 is 0 Å². The highest BCUT2D eigenvalue weighted by Crippen LogP contribution is 2.38. The highest BCUT2D eigenvalue weighted by atomic mass is 79.9. The van der Waals surface area contributed by atoms with Crippen molar-refractivity contribution < 1.29 is 4.39 Å². The van der Waals surface area contributed by atoms with Gasteiger partial charge >= 0.3 is 0 Å². The topological polar surface area (TPSA) is 12.0 Å². The minimum atomic E-state index is -0.189. The summed E-state index contributed by atoms with van der Waals surface area (Å²) < 4.78 is 14.0. The van der Waals surface area contributed by atoms with Gasteiger partial charge in [0.05, 0.1) is 11.7 Å². The molecular weight excluding hydrogens is 281 g/mol. The molecule has 0 bridgehead atoms. The fraction of sp³-hybridized carbons (Fsp3) is 0.143. The van der Waals surface area contributed by atoms with Crippen LogP contribution in [0.5, 0.6) is 0 Å². The van der Waals surface area contributed by atoms with Gasteiger partial charge in [-0.1, -0.05) is 24.3 Å². The van der Waals surface area contributed by atoms with E-state index < -0.39 is 0 Å². The van der Waals surface area contributed by atoms with Crippen molar-refractivity contribution in [1.82, 2.24) is 0 Å². The summed E-state index contributed by atoms with van der Waals surface area (Å²) >= 11 is 3.54. The van der Waals surface area contributed by atoms with Gasteiger partial charge in [-0.25, -0.2) is 4.39 Å². The standard InChI is InChI=1S/C14H11BrFN/c15-12-3-1-2-10-8-13(17-14(10)12)9-4-6-11(16)7-5-9/h1-7,13,17H,8H2. The maximum absolute atomic E-state index is 12.9. The van der Waals surface area contributed by atoms with E-state index in [1.165, 1.54) is 17.7 Å². The zero-order chi connectivity index (χ0) is 11.8. The van der Waals surface area contributed by atoms with Gasteiger partial charge in [-0.05, 0) is 51.7 Å². The van der Waals surface area contributed by atoms with Crippen LogP contribution in [0, 0.1) is 5.82 Å². The Hall–Kier alpha value is -1.35. The van der Waals surface area contributed by atoms with Crippen LogP contribution in [-0.2, 0) is 6.42 Å². The van der Waals surface area contributed by atoms with Crippen molar-refractivity contribution in [2.75, 3.05) is 5.32 Å². The van der Waals surface area contributed by atoms with E-state index in [9.17, 15) is 4.39 Å². The molecule has 3 heteroatoms. The van der Waals surface area contributed by atoms with E-state index in [1.54, 1.807) is 0 Å². The molecular formula is C14H11BrFN. The van der Waals surface area contributed by atoms with Crippen LogP contribution in [0.1, 0.15) is 17.2 Å². The lowest BCUT2D eigenvalue weighted by Crippen LogP contribution is -2.05. The van der Waals surface area contributed by atoms with E-state index in [1.807, 2.05) is 24.3 Å². The third-order valence-electron chi connectivity index (χ3n) is 3.11. The Morgan fingerprint density at radius 3 is 2.59 bits per heavy atom. The summed E-state index contributed by atoms with van der Waals surface area (Å²) in [6.45, 7) is 0. The van der Waals surface area contributed by atoms with E-state index in [0.717, 1.165) is 22.1 Å². The molecule has 0 aromatic heterocycles. The minimum absolute atomic E-state index is 0.189. The number of benzene rings is 2. The molecule has 0 saturated heterocycles.